The molecule has 22 heavy (non-hydrogen) atoms. The third-order valence-electron chi connectivity index (χ3n) is 5.18. The first-order chi connectivity index (χ1) is 10.6. The minimum atomic E-state index is 0.104. The lowest BCUT2D eigenvalue weighted by Gasteiger charge is -2.38. The largest absolute Gasteiger partial charge is 0.341 e. The number of likely N-dealkylation sites (tertiary alicyclic amines) is 2. The number of carbonyl (C=O) groups excluding carboxylic acids is 1. The first kappa shape index (κ1) is 15.9. The first-order valence-corrected chi connectivity index (χ1v) is 9.31. The van der Waals surface area contributed by atoms with Crippen molar-refractivity contribution in [2.75, 3.05) is 26.7 Å². The van der Waals surface area contributed by atoms with E-state index in [1.54, 1.807) is 0 Å². The average molecular weight is 321 g/mol. The summed E-state index contributed by atoms with van der Waals surface area (Å²) in [6.45, 7) is 7.05. The molecule has 2 aliphatic heterocycles. The van der Waals surface area contributed by atoms with Gasteiger partial charge in [0.2, 0.25) is 5.91 Å². The second-order valence-corrected chi connectivity index (χ2v) is 8.04. The molecule has 0 unspecified atom stereocenters. The molecular weight excluding hydrogens is 294 g/mol. The normalized spacial score (nSPS) is 27.1. The van der Waals surface area contributed by atoms with E-state index in [0.29, 0.717) is 11.8 Å². The second-order valence-electron chi connectivity index (χ2n) is 6.81. The van der Waals surface area contributed by atoms with Gasteiger partial charge in [0, 0.05) is 23.9 Å². The summed E-state index contributed by atoms with van der Waals surface area (Å²) in [5.74, 6) is 0.779. The van der Waals surface area contributed by atoms with E-state index in [1.807, 2.05) is 11.3 Å². The number of rotatable bonds is 2. The maximum Gasteiger partial charge on any atom is 0.239 e. The van der Waals surface area contributed by atoms with E-state index in [1.165, 1.54) is 22.7 Å². The van der Waals surface area contributed by atoms with Crippen molar-refractivity contribution in [2.45, 2.75) is 57.9 Å². The highest BCUT2D eigenvalue weighted by atomic mass is 32.1. The predicted octanol–water partition coefficient (Wildman–Crippen LogP) is 2.95. The molecule has 2 aliphatic rings. The summed E-state index contributed by atoms with van der Waals surface area (Å²) in [5.41, 5.74) is 1.15. The van der Waals surface area contributed by atoms with Crippen LogP contribution in [-0.2, 0) is 4.79 Å². The molecule has 2 atom stereocenters. The van der Waals surface area contributed by atoms with Crippen LogP contribution >= 0.6 is 11.3 Å². The number of carbonyl (C=O) groups is 1. The Morgan fingerprint density at radius 2 is 2.00 bits per heavy atom. The van der Waals surface area contributed by atoms with Gasteiger partial charge in [0.15, 0.2) is 0 Å². The van der Waals surface area contributed by atoms with Gasteiger partial charge in [-0.05, 0) is 53.1 Å². The monoisotopic (exact) mass is 321 g/mol. The van der Waals surface area contributed by atoms with Gasteiger partial charge in [0.1, 0.15) is 0 Å². The molecule has 0 aromatic carbocycles. The van der Waals surface area contributed by atoms with Crippen molar-refractivity contribution in [2.24, 2.45) is 0 Å². The fraction of sp³-hybridized carbons (Fsp3) is 0.765. The molecule has 0 N–H and O–H groups in total. The maximum absolute atomic E-state index is 12.9. The first-order valence-electron chi connectivity index (χ1n) is 8.49. The Kier molecular flexibility index (Phi) is 4.83. The van der Waals surface area contributed by atoms with Crippen LogP contribution < -0.4 is 0 Å². The van der Waals surface area contributed by atoms with Crippen LogP contribution in [0.5, 0.6) is 0 Å². The number of likely N-dealkylation sites (N-methyl/N-ethyl adjacent to an activating group) is 1. The third kappa shape index (κ3) is 3.20. The van der Waals surface area contributed by atoms with Crippen molar-refractivity contribution in [1.29, 1.82) is 0 Å². The summed E-state index contributed by atoms with van der Waals surface area (Å²) in [5, 5.41) is 1.23. The number of aromatic nitrogens is 1. The van der Waals surface area contributed by atoms with Gasteiger partial charge in [-0.15, -0.1) is 11.3 Å². The number of aryl methyl sites for hydroxylation is 2. The lowest BCUT2D eigenvalue weighted by molar-refractivity contribution is -0.138. The average Bonchev–Trinajstić information content (AvgIpc) is 2.87. The van der Waals surface area contributed by atoms with Crippen LogP contribution in [0.2, 0.25) is 0 Å². The quantitative estimate of drug-likeness (QED) is 0.840. The van der Waals surface area contributed by atoms with Crippen molar-refractivity contribution in [3.8, 4) is 0 Å². The predicted molar refractivity (Wildman–Crippen MR) is 90.4 cm³/mol. The summed E-state index contributed by atoms with van der Waals surface area (Å²) in [6, 6.07) is 0.104. The van der Waals surface area contributed by atoms with Gasteiger partial charge >= 0.3 is 0 Å². The SMILES string of the molecule is Cc1nc([C@@H]2CCCN(C(=O)[C@H]3CCCCN3C)C2)sc1C. The lowest BCUT2D eigenvalue weighted by atomic mass is 9.96. The summed E-state index contributed by atoms with van der Waals surface area (Å²) < 4.78 is 0. The van der Waals surface area contributed by atoms with E-state index in [-0.39, 0.29) is 6.04 Å². The van der Waals surface area contributed by atoms with Crippen molar-refractivity contribution < 1.29 is 4.79 Å². The molecule has 0 aliphatic carbocycles. The minimum Gasteiger partial charge on any atom is -0.341 e. The molecule has 2 saturated heterocycles. The minimum absolute atomic E-state index is 0.104. The van der Waals surface area contributed by atoms with Gasteiger partial charge in [-0.2, -0.15) is 0 Å². The van der Waals surface area contributed by atoms with Crippen molar-refractivity contribution >= 4 is 17.2 Å². The van der Waals surface area contributed by atoms with Crippen LogP contribution in [-0.4, -0.2) is 53.4 Å². The molecule has 0 radical (unpaired) electrons. The third-order valence-corrected chi connectivity index (χ3v) is 6.42. The van der Waals surface area contributed by atoms with Gasteiger partial charge in [0.05, 0.1) is 16.7 Å². The maximum atomic E-state index is 12.9. The van der Waals surface area contributed by atoms with Gasteiger partial charge in [-0.3, -0.25) is 9.69 Å². The van der Waals surface area contributed by atoms with Gasteiger partial charge < -0.3 is 4.90 Å². The standard InChI is InChI=1S/C17H27N3OS/c1-12-13(2)22-16(18-12)14-7-6-10-20(11-14)17(21)15-8-4-5-9-19(15)3/h14-15H,4-11H2,1-3H3/t14-,15-/m1/s1. The van der Waals surface area contributed by atoms with Crippen molar-refractivity contribution in [1.82, 2.24) is 14.8 Å². The molecule has 0 bridgehead atoms. The molecule has 5 heteroatoms. The molecular formula is C17H27N3OS. The Morgan fingerprint density at radius 1 is 1.18 bits per heavy atom. The highest BCUT2D eigenvalue weighted by Crippen LogP contribution is 2.32. The van der Waals surface area contributed by atoms with Crippen LogP contribution in [0.15, 0.2) is 0 Å². The number of nitrogens with zero attached hydrogens (tertiary/aromatic N) is 3. The molecule has 0 saturated carbocycles. The lowest BCUT2D eigenvalue weighted by Crippen LogP contribution is -2.51. The van der Waals surface area contributed by atoms with Crippen molar-refractivity contribution in [3.05, 3.63) is 15.6 Å². The highest BCUT2D eigenvalue weighted by Gasteiger charge is 2.33. The molecule has 1 amide bonds. The number of thiazole rings is 1. The number of hydrogen-bond acceptors (Lipinski definition) is 4. The molecule has 0 spiro atoms. The van der Waals surface area contributed by atoms with Crippen LogP contribution in [0.25, 0.3) is 0 Å². The number of piperidine rings is 2. The summed E-state index contributed by atoms with van der Waals surface area (Å²) in [6.07, 6.45) is 5.69. The second kappa shape index (κ2) is 6.67. The Balaban J connectivity index is 1.68. The molecule has 1 aromatic heterocycles. The molecule has 4 nitrogen and oxygen atoms in total. The van der Waals surface area contributed by atoms with E-state index < -0.39 is 0 Å². The molecule has 3 heterocycles. The fourth-order valence-corrected chi connectivity index (χ4v) is 4.70. The van der Waals surface area contributed by atoms with Crippen LogP contribution in [0.4, 0.5) is 0 Å². The Hall–Kier alpha value is -0.940. The zero-order chi connectivity index (χ0) is 15.7. The summed E-state index contributed by atoms with van der Waals surface area (Å²) in [4.78, 5) is 23.3. The molecule has 3 rings (SSSR count). The van der Waals surface area contributed by atoms with E-state index in [2.05, 4.69) is 30.7 Å². The fourth-order valence-electron chi connectivity index (χ4n) is 3.65. The van der Waals surface area contributed by atoms with Gasteiger partial charge in [-0.1, -0.05) is 6.42 Å². The van der Waals surface area contributed by atoms with E-state index in [9.17, 15) is 4.79 Å². The van der Waals surface area contributed by atoms with E-state index in [0.717, 1.165) is 44.6 Å². The molecule has 2 fully saturated rings. The summed E-state index contributed by atoms with van der Waals surface area (Å²) >= 11 is 1.81. The van der Waals surface area contributed by atoms with Crippen LogP contribution in [0, 0.1) is 13.8 Å². The topological polar surface area (TPSA) is 36.4 Å². The Morgan fingerprint density at radius 3 is 2.68 bits per heavy atom. The summed E-state index contributed by atoms with van der Waals surface area (Å²) in [7, 11) is 2.09. The van der Waals surface area contributed by atoms with Crippen LogP contribution in [0.1, 0.15) is 53.6 Å². The number of hydrogen-bond donors (Lipinski definition) is 0. The molecule has 122 valence electrons. The zero-order valence-electron chi connectivity index (χ0n) is 14.0. The van der Waals surface area contributed by atoms with E-state index in [4.69, 9.17) is 4.98 Å². The zero-order valence-corrected chi connectivity index (χ0v) is 14.8. The highest BCUT2D eigenvalue weighted by molar-refractivity contribution is 7.11. The molecule has 1 aromatic rings. The van der Waals surface area contributed by atoms with Crippen LogP contribution in [0.3, 0.4) is 0 Å². The Bertz CT molecular complexity index is 523. The Labute approximate surface area is 137 Å². The van der Waals surface area contributed by atoms with Gasteiger partial charge in [0.25, 0.3) is 0 Å². The van der Waals surface area contributed by atoms with Gasteiger partial charge in [-0.25, -0.2) is 4.98 Å². The van der Waals surface area contributed by atoms with Crippen molar-refractivity contribution in [3.63, 3.8) is 0 Å². The van der Waals surface area contributed by atoms with E-state index >= 15 is 0 Å². The number of amides is 1. The smallest absolute Gasteiger partial charge is 0.239 e.